The summed E-state index contributed by atoms with van der Waals surface area (Å²) in [5, 5.41) is 13.6. The minimum atomic E-state index is -0.388. The Balaban J connectivity index is 1.96. The molecule has 88 valence electrons. The first kappa shape index (κ1) is 10.3. The van der Waals surface area contributed by atoms with Crippen molar-refractivity contribution in [1.82, 2.24) is 14.5 Å². The fraction of sp³-hybridized carbons (Fsp3) is 0.333. The van der Waals surface area contributed by atoms with Crippen LogP contribution in [-0.2, 0) is 0 Å². The molecule has 2 aromatic rings. The monoisotopic (exact) mass is 231 g/mol. The SMILES string of the molecule is O=C(c1cnn2ccccc12)N1CCC(O)C1. The second-order valence-corrected chi connectivity index (χ2v) is 4.28. The van der Waals surface area contributed by atoms with Crippen molar-refractivity contribution in [1.29, 1.82) is 0 Å². The summed E-state index contributed by atoms with van der Waals surface area (Å²) in [4.78, 5) is 13.9. The van der Waals surface area contributed by atoms with Crippen LogP contribution in [0.1, 0.15) is 16.8 Å². The molecule has 0 radical (unpaired) electrons. The van der Waals surface area contributed by atoms with Crippen molar-refractivity contribution in [3.05, 3.63) is 36.2 Å². The molecule has 1 N–H and O–H groups in total. The highest BCUT2D eigenvalue weighted by atomic mass is 16.3. The number of hydrogen-bond donors (Lipinski definition) is 1. The normalized spacial score (nSPS) is 20.1. The van der Waals surface area contributed by atoms with Crippen molar-refractivity contribution in [2.75, 3.05) is 13.1 Å². The van der Waals surface area contributed by atoms with E-state index in [0.717, 1.165) is 5.52 Å². The molecule has 1 atom stereocenters. The highest BCUT2D eigenvalue weighted by Gasteiger charge is 2.26. The number of aliphatic hydroxyl groups is 1. The van der Waals surface area contributed by atoms with Gasteiger partial charge < -0.3 is 10.0 Å². The van der Waals surface area contributed by atoms with Gasteiger partial charge in [-0.25, -0.2) is 4.52 Å². The highest BCUT2D eigenvalue weighted by molar-refractivity contribution is 6.00. The maximum atomic E-state index is 12.2. The molecule has 0 spiro atoms. The van der Waals surface area contributed by atoms with E-state index >= 15 is 0 Å². The van der Waals surface area contributed by atoms with Crippen LogP contribution in [0.5, 0.6) is 0 Å². The van der Waals surface area contributed by atoms with Gasteiger partial charge in [-0.3, -0.25) is 4.79 Å². The molecule has 1 aliphatic rings. The summed E-state index contributed by atoms with van der Waals surface area (Å²) in [6.45, 7) is 1.03. The second kappa shape index (κ2) is 3.85. The second-order valence-electron chi connectivity index (χ2n) is 4.28. The number of pyridine rings is 1. The van der Waals surface area contributed by atoms with E-state index in [-0.39, 0.29) is 12.0 Å². The molecule has 0 aliphatic carbocycles. The van der Waals surface area contributed by atoms with Crippen molar-refractivity contribution in [3.8, 4) is 0 Å². The number of β-amino-alcohol motifs (C(OH)–C–C–N with tert-alkyl or cyclic N) is 1. The van der Waals surface area contributed by atoms with Gasteiger partial charge in [0.2, 0.25) is 0 Å². The molecule has 5 heteroatoms. The number of carbonyl (C=O) groups is 1. The van der Waals surface area contributed by atoms with Gasteiger partial charge in [0.05, 0.1) is 23.4 Å². The molecular weight excluding hydrogens is 218 g/mol. The van der Waals surface area contributed by atoms with Gasteiger partial charge in [0.25, 0.3) is 5.91 Å². The van der Waals surface area contributed by atoms with E-state index in [4.69, 9.17) is 0 Å². The average molecular weight is 231 g/mol. The first-order valence-electron chi connectivity index (χ1n) is 5.65. The molecule has 2 aromatic heterocycles. The number of hydrogen-bond acceptors (Lipinski definition) is 3. The molecule has 0 bridgehead atoms. The molecule has 5 nitrogen and oxygen atoms in total. The van der Waals surface area contributed by atoms with E-state index in [0.29, 0.717) is 25.1 Å². The maximum Gasteiger partial charge on any atom is 0.257 e. The van der Waals surface area contributed by atoms with Gasteiger partial charge in [0.1, 0.15) is 0 Å². The zero-order valence-electron chi connectivity index (χ0n) is 9.28. The van der Waals surface area contributed by atoms with Crippen molar-refractivity contribution < 1.29 is 9.90 Å². The van der Waals surface area contributed by atoms with E-state index in [1.54, 1.807) is 15.6 Å². The molecule has 3 rings (SSSR count). The summed E-state index contributed by atoms with van der Waals surface area (Å²) >= 11 is 0. The van der Waals surface area contributed by atoms with E-state index in [1.807, 2.05) is 24.4 Å². The van der Waals surface area contributed by atoms with E-state index < -0.39 is 0 Å². The molecule has 1 aliphatic heterocycles. The Morgan fingerprint density at radius 1 is 1.47 bits per heavy atom. The van der Waals surface area contributed by atoms with Crippen LogP contribution in [0.25, 0.3) is 5.52 Å². The zero-order chi connectivity index (χ0) is 11.8. The molecule has 0 aromatic carbocycles. The minimum absolute atomic E-state index is 0.0530. The van der Waals surface area contributed by atoms with E-state index in [9.17, 15) is 9.90 Å². The number of aliphatic hydroxyl groups excluding tert-OH is 1. The van der Waals surface area contributed by atoms with Gasteiger partial charge in [-0.1, -0.05) is 6.07 Å². The largest absolute Gasteiger partial charge is 0.391 e. The molecule has 1 fully saturated rings. The van der Waals surface area contributed by atoms with Gasteiger partial charge in [-0.15, -0.1) is 0 Å². The van der Waals surface area contributed by atoms with Crippen LogP contribution in [0.15, 0.2) is 30.6 Å². The van der Waals surface area contributed by atoms with Gasteiger partial charge in [-0.05, 0) is 18.6 Å². The summed E-state index contributed by atoms with van der Waals surface area (Å²) in [7, 11) is 0. The zero-order valence-corrected chi connectivity index (χ0v) is 9.28. The van der Waals surface area contributed by atoms with Crippen LogP contribution >= 0.6 is 0 Å². The molecule has 3 heterocycles. The first-order valence-corrected chi connectivity index (χ1v) is 5.65. The van der Waals surface area contributed by atoms with Crippen LogP contribution in [0.3, 0.4) is 0 Å². The Labute approximate surface area is 98.3 Å². The number of rotatable bonds is 1. The van der Waals surface area contributed by atoms with Gasteiger partial charge in [0.15, 0.2) is 0 Å². The fourth-order valence-electron chi connectivity index (χ4n) is 2.20. The standard InChI is InChI=1S/C12H13N3O2/c16-9-4-6-14(8-9)12(17)10-7-13-15-5-2-1-3-11(10)15/h1-3,5,7,9,16H,4,6,8H2. The smallest absolute Gasteiger partial charge is 0.257 e. The van der Waals surface area contributed by atoms with Crippen molar-refractivity contribution in [2.24, 2.45) is 0 Å². The minimum Gasteiger partial charge on any atom is -0.391 e. The Morgan fingerprint density at radius 2 is 2.35 bits per heavy atom. The third kappa shape index (κ3) is 1.68. The van der Waals surface area contributed by atoms with E-state index in [2.05, 4.69) is 5.10 Å². The summed E-state index contributed by atoms with van der Waals surface area (Å²) < 4.78 is 1.68. The average Bonchev–Trinajstić information content (AvgIpc) is 2.94. The fourth-order valence-corrected chi connectivity index (χ4v) is 2.20. The van der Waals surface area contributed by atoms with Crippen LogP contribution < -0.4 is 0 Å². The summed E-state index contributed by atoms with van der Waals surface area (Å²) in [6, 6.07) is 5.62. The summed E-state index contributed by atoms with van der Waals surface area (Å²) in [6.07, 6.45) is 3.67. The highest BCUT2D eigenvalue weighted by Crippen LogP contribution is 2.17. The maximum absolute atomic E-state index is 12.2. The lowest BCUT2D eigenvalue weighted by atomic mass is 10.2. The number of carbonyl (C=O) groups excluding carboxylic acids is 1. The third-order valence-corrected chi connectivity index (χ3v) is 3.11. The van der Waals surface area contributed by atoms with Crippen LogP contribution in [0.4, 0.5) is 0 Å². The lowest BCUT2D eigenvalue weighted by Crippen LogP contribution is -2.29. The molecule has 1 amide bonds. The number of fused-ring (bicyclic) bond motifs is 1. The van der Waals surface area contributed by atoms with Gasteiger partial charge in [-0.2, -0.15) is 5.10 Å². The molecule has 0 saturated carbocycles. The number of aromatic nitrogens is 2. The quantitative estimate of drug-likeness (QED) is 0.779. The van der Waals surface area contributed by atoms with Gasteiger partial charge >= 0.3 is 0 Å². The predicted molar refractivity (Wildman–Crippen MR) is 61.7 cm³/mol. The Kier molecular flexibility index (Phi) is 2.33. The summed E-state index contributed by atoms with van der Waals surface area (Å²) in [5.74, 6) is -0.0530. The van der Waals surface area contributed by atoms with Crippen LogP contribution in [-0.4, -0.2) is 44.7 Å². The number of nitrogens with zero attached hydrogens (tertiary/aromatic N) is 3. The molecular formula is C12H13N3O2. The predicted octanol–water partition coefficient (Wildman–Crippen LogP) is 0.541. The van der Waals surface area contributed by atoms with Crippen LogP contribution in [0, 0.1) is 0 Å². The van der Waals surface area contributed by atoms with Crippen molar-refractivity contribution in [2.45, 2.75) is 12.5 Å². The molecule has 17 heavy (non-hydrogen) atoms. The van der Waals surface area contributed by atoms with Crippen molar-refractivity contribution in [3.63, 3.8) is 0 Å². The topological polar surface area (TPSA) is 57.8 Å². The lowest BCUT2D eigenvalue weighted by Gasteiger charge is -2.14. The Morgan fingerprint density at radius 3 is 3.12 bits per heavy atom. The Hall–Kier alpha value is -1.88. The van der Waals surface area contributed by atoms with Crippen LogP contribution in [0.2, 0.25) is 0 Å². The summed E-state index contributed by atoms with van der Waals surface area (Å²) in [5.41, 5.74) is 1.40. The lowest BCUT2D eigenvalue weighted by molar-refractivity contribution is 0.0767. The number of amides is 1. The first-order chi connectivity index (χ1) is 8.25. The molecule has 1 unspecified atom stereocenters. The van der Waals surface area contributed by atoms with Crippen molar-refractivity contribution >= 4 is 11.4 Å². The number of likely N-dealkylation sites (tertiary alicyclic amines) is 1. The van der Waals surface area contributed by atoms with E-state index in [1.165, 1.54) is 0 Å². The molecule has 1 saturated heterocycles. The Bertz CT molecular complexity index is 564. The van der Waals surface area contributed by atoms with Gasteiger partial charge in [0, 0.05) is 19.3 Å². The third-order valence-electron chi connectivity index (χ3n) is 3.11.